The van der Waals surface area contributed by atoms with Crippen molar-refractivity contribution in [2.45, 2.75) is 26.4 Å². The molecule has 0 spiro atoms. The molecule has 0 bridgehead atoms. The van der Waals surface area contributed by atoms with E-state index in [1.165, 1.54) is 12.1 Å². The molecule has 2 aromatic rings. The third kappa shape index (κ3) is 6.43. The fraction of sp³-hybridized carbons (Fsp3) is 0.261. The van der Waals surface area contributed by atoms with Crippen molar-refractivity contribution in [3.63, 3.8) is 0 Å². The van der Waals surface area contributed by atoms with Crippen LogP contribution in [0.2, 0.25) is 0 Å². The summed E-state index contributed by atoms with van der Waals surface area (Å²) in [6.45, 7) is 2.01. The number of ether oxygens (including phenoxy) is 2. The first kappa shape index (κ1) is 24.0. The van der Waals surface area contributed by atoms with Crippen molar-refractivity contribution in [1.82, 2.24) is 4.90 Å². The number of nitrogens with zero attached hydrogens (tertiary/aromatic N) is 1. The van der Waals surface area contributed by atoms with E-state index in [0.717, 1.165) is 39.5 Å². The van der Waals surface area contributed by atoms with Gasteiger partial charge < -0.3 is 9.47 Å². The van der Waals surface area contributed by atoms with Gasteiger partial charge in [-0.05, 0) is 60.2 Å². The molecular weight excluding hydrogens is 501 g/mol. The zero-order chi connectivity index (χ0) is 23.1. The van der Waals surface area contributed by atoms with Crippen LogP contribution in [0, 0.1) is 5.82 Å². The lowest BCUT2D eigenvalue weighted by molar-refractivity contribution is -0.146. The summed E-state index contributed by atoms with van der Waals surface area (Å²) in [5.41, 5.74) is 1.36. The maximum atomic E-state index is 13.1. The van der Waals surface area contributed by atoms with Crippen LogP contribution in [0.1, 0.15) is 30.9 Å². The van der Waals surface area contributed by atoms with Gasteiger partial charge in [0.05, 0.1) is 11.5 Å². The average Bonchev–Trinajstić information content (AvgIpc) is 3.02. The minimum atomic E-state index is -0.618. The number of amides is 2. The number of thioether (sulfide) groups is 1. The van der Waals surface area contributed by atoms with Crippen LogP contribution in [0.5, 0.6) is 5.75 Å². The predicted molar refractivity (Wildman–Crippen MR) is 123 cm³/mol. The number of hydrogen-bond donors (Lipinski definition) is 0. The van der Waals surface area contributed by atoms with Gasteiger partial charge in [0.1, 0.15) is 24.7 Å². The lowest BCUT2D eigenvalue weighted by atomic mass is 10.1. The molecule has 0 radical (unpaired) electrons. The maximum absolute atomic E-state index is 13.1. The molecule has 1 aliphatic rings. The minimum Gasteiger partial charge on any atom is -0.488 e. The number of imide groups is 1. The summed E-state index contributed by atoms with van der Waals surface area (Å²) in [4.78, 5) is 38.0. The normalized spacial score (nSPS) is 14.8. The molecule has 1 heterocycles. The van der Waals surface area contributed by atoms with E-state index in [9.17, 15) is 18.8 Å². The molecule has 1 saturated heterocycles. The van der Waals surface area contributed by atoms with Gasteiger partial charge in [-0.2, -0.15) is 0 Å². The van der Waals surface area contributed by atoms with Crippen LogP contribution in [-0.4, -0.2) is 35.2 Å². The Morgan fingerprint density at radius 2 is 1.94 bits per heavy atom. The van der Waals surface area contributed by atoms with Crippen LogP contribution >= 0.6 is 27.7 Å². The summed E-state index contributed by atoms with van der Waals surface area (Å²) in [5.74, 6) is -1.02. The number of halogens is 2. The van der Waals surface area contributed by atoms with E-state index in [0.29, 0.717) is 11.3 Å². The third-order valence-corrected chi connectivity index (χ3v) is 5.89. The molecule has 3 rings (SSSR count). The van der Waals surface area contributed by atoms with Crippen molar-refractivity contribution >= 4 is 50.9 Å². The second-order valence-electron chi connectivity index (χ2n) is 6.94. The monoisotopic (exact) mass is 521 g/mol. The SMILES string of the molecule is CCCCOC(=O)CN1C(=O)S/C(=C\c2cc(Br)ccc2OCc2ccc(F)cc2)C1=O. The summed E-state index contributed by atoms with van der Waals surface area (Å²) in [6, 6.07) is 11.2. The van der Waals surface area contributed by atoms with Gasteiger partial charge in [0.25, 0.3) is 11.1 Å². The highest BCUT2D eigenvalue weighted by Gasteiger charge is 2.36. The van der Waals surface area contributed by atoms with E-state index in [4.69, 9.17) is 9.47 Å². The molecule has 0 atom stereocenters. The van der Waals surface area contributed by atoms with Crippen molar-refractivity contribution in [3.05, 3.63) is 68.8 Å². The number of rotatable bonds is 9. The van der Waals surface area contributed by atoms with E-state index in [2.05, 4.69) is 15.9 Å². The second kappa shape index (κ2) is 11.3. The Morgan fingerprint density at radius 1 is 1.19 bits per heavy atom. The van der Waals surface area contributed by atoms with Crippen LogP contribution in [0.3, 0.4) is 0 Å². The Morgan fingerprint density at radius 3 is 2.66 bits per heavy atom. The van der Waals surface area contributed by atoms with Gasteiger partial charge in [0, 0.05) is 10.0 Å². The number of unbranched alkanes of at least 4 members (excludes halogenated alkanes) is 1. The standard InChI is InChI=1S/C23H21BrFNO5S/c1-2-3-10-30-21(27)13-26-22(28)20(32-23(26)29)12-16-11-17(24)6-9-19(16)31-14-15-4-7-18(25)8-5-15/h4-9,11-12H,2-3,10,13-14H2,1H3/b20-12-. The quantitative estimate of drug-likeness (QED) is 0.245. The number of hydrogen-bond acceptors (Lipinski definition) is 6. The van der Waals surface area contributed by atoms with E-state index in [-0.39, 0.29) is 23.9 Å². The van der Waals surface area contributed by atoms with Gasteiger partial charge >= 0.3 is 5.97 Å². The Labute approximate surface area is 197 Å². The second-order valence-corrected chi connectivity index (χ2v) is 8.85. The Balaban J connectivity index is 1.73. The highest BCUT2D eigenvalue weighted by molar-refractivity contribution is 9.10. The molecule has 9 heteroatoms. The van der Waals surface area contributed by atoms with Crippen molar-refractivity contribution in [2.24, 2.45) is 0 Å². The molecule has 6 nitrogen and oxygen atoms in total. The smallest absolute Gasteiger partial charge is 0.326 e. The zero-order valence-electron chi connectivity index (χ0n) is 17.3. The minimum absolute atomic E-state index is 0.182. The molecular formula is C23H21BrFNO5S. The molecule has 0 N–H and O–H groups in total. The van der Waals surface area contributed by atoms with Crippen molar-refractivity contribution in [1.29, 1.82) is 0 Å². The molecule has 0 aromatic heterocycles. The molecule has 0 saturated carbocycles. The number of esters is 1. The molecule has 2 amide bonds. The zero-order valence-corrected chi connectivity index (χ0v) is 19.7. The summed E-state index contributed by atoms with van der Waals surface area (Å²) in [5, 5.41) is -0.530. The van der Waals surface area contributed by atoms with Crippen LogP contribution < -0.4 is 4.74 Å². The van der Waals surface area contributed by atoms with Gasteiger partial charge in [-0.3, -0.25) is 19.3 Å². The van der Waals surface area contributed by atoms with Crippen LogP contribution in [0.15, 0.2) is 51.8 Å². The van der Waals surface area contributed by atoms with Crippen LogP contribution in [0.4, 0.5) is 9.18 Å². The van der Waals surface area contributed by atoms with E-state index < -0.39 is 23.7 Å². The first-order chi connectivity index (χ1) is 15.4. The lowest BCUT2D eigenvalue weighted by Crippen LogP contribution is -2.34. The first-order valence-electron chi connectivity index (χ1n) is 9.95. The predicted octanol–water partition coefficient (Wildman–Crippen LogP) is 5.55. The summed E-state index contributed by atoms with van der Waals surface area (Å²) >= 11 is 4.15. The van der Waals surface area contributed by atoms with Crippen molar-refractivity contribution in [3.8, 4) is 5.75 Å². The van der Waals surface area contributed by atoms with Gasteiger partial charge in [0.2, 0.25) is 0 Å². The molecule has 2 aromatic carbocycles. The summed E-state index contributed by atoms with van der Waals surface area (Å²) < 4.78 is 24.8. The first-order valence-corrected chi connectivity index (χ1v) is 11.6. The molecule has 32 heavy (non-hydrogen) atoms. The summed E-state index contributed by atoms with van der Waals surface area (Å²) in [7, 11) is 0. The van der Waals surface area contributed by atoms with Crippen LogP contribution in [-0.2, 0) is 20.9 Å². The van der Waals surface area contributed by atoms with Gasteiger partial charge in [-0.15, -0.1) is 0 Å². The Kier molecular flexibility index (Phi) is 8.46. The van der Waals surface area contributed by atoms with Crippen LogP contribution in [0.25, 0.3) is 6.08 Å². The Bertz CT molecular complexity index is 1040. The highest BCUT2D eigenvalue weighted by atomic mass is 79.9. The fourth-order valence-corrected chi connectivity index (χ4v) is 4.00. The molecule has 168 valence electrons. The van der Waals surface area contributed by atoms with E-state index in [1.807, 2.05) is 6.92 Å². The summed E-state index contributed by atoms with van der Waals surface area (Å²) in [6.07, 6.45) is 3.14. The van der Waals surface area contributed by atoms with E-state index in [1.54, 1.807) is 36.4 Å². The number of carbonyl (C=O) groups excluding carboxylic acids is 3. The highest BCUT2D eigenvalue weighted by Crippen LogP contribution is 2.35. The molecule has 0 aliphatic carbocycles. The fourth-order valence-electron chi connectivity index (χ4n) is 2.79. The molecule has 1 fully saturated rings. The van der Waals surface area contributed by atoms with Crippen molar-refractivity contribution < 1.29 is 28.2 Å². The van der Waals surface area contributed by atoms with Gasteiger partial charge in [-0.25, -0.2) is 4.39 Å². The third-order valence-electron chi connectivity index (χ3n) is 4.49. The van der Waals surface area contributed by atoms with E-state index >= 15 is 0 Å². The lowest BCUT2D eigenvalue weighted by Gasteiger charge is -2.12. The van der Waals surface area contributed by atoms with Gasteiger partial charge in [-0.1, -0.05) is 41.4 Å². The average molecular weight is 522 g/mol. The number of carbonyl (C=O) groups is 3. The maximum Gasteiger partial charge on any atom is 0.326 e. The number of benzene rings is 2. The topological polar surface area (TPSA) is 72.9 Å². The molecule has 1 aliphatic heterocycles. The van der Waals surface area contributed by atoms with Gasteiger partial charge in [0.15, 0.2) is 0 Å². The Hall–Kier alpha value is -2.65. The largest absolute Gasteiger partial charge is 0.488 e. The van der Waals surface area contributed by atoms with Crippen molar-refractivity contribution in [2.75, 3.05) is 13.2 Å². The molecule has 0 unspecified atom stereocenters.